The summed E-state index contributed by atoms with van der Waals surface area (Å²) in [6.45, 7) is 0.848. The van der Waals surface area contributed by atoms with Gasteiger partial charge in [-0.1, -0.05) is 6.07 Å². The van der Waals surface area contributed by atoms with Gasteiger partial charge in [0.2, 0.25) is 0 Å². The van der Waals surface area contributed by atoms with Crippen LogP contribution in [0.1, 0.15) is 30.1 Å². The number of halogens is 4. The number of benzene rings is 1. The Labute approximate surface area is 179 Å². The summed E-state index contributed by atoms with van der Waals surface area (Å²) in [5.41, 5.74) is -1.46. The highest BCUT2D eigenvalue weighted by Crippen LogP contribution is 2.46. The number of rotatable bonds is 3. The first-order valence-corrected chi connectivity index (χ1v) is 10.1. The topological polar surface area (TPSA) is 92.3 Å². The molecule has 0 bridgehead atoms. The molecule has 0 aliphatic carbocycles. The molecule has 4 heterocycles. The second-order valence-electron chi connectivity index (χ2n) is 8.10. The van der Waals surface area contributed by atoms with Crippen molar-refractivity contribution in [2.24, 2.45) is 5.92 Å². The maximum absolute atomic E-state index is 13.8. The fourth-order valence-electron chi connectivity index (χ4n) is 4.48. The first kappa shape index (κ1) is 21.0. The normalized spacial score (nSPS) is 22.9. The van der Waals surface area contributed by atoms with Gasteiger partial charge in [0.15, 0.2) is 0 Å². The fourth-order valence-corrected chi connectivity index (χ4v) is 4.48. The van der Waals surface area contributed by atoms with Gasteiger partial charge in [0, 0.05) is 43.6 Å². The van der Waals surface area contributed by atoms with Crippen LogP contribution in [-0.2, 0) is 10.9 Å². The predicted octanol–water partition coefficient (Wildman–Crippen LogP) is 3.82. The van der Waals surface area contributed by atoms with E-state index in [2.05, 4.69) is 20.3 Å². The average Bonchev–Trinajstić information content (AvgIpc) is 3.20. The predicted molar refractivity (Wildman–Crippen MR) is 106 cm³/mol. The molecule has 170 valence electrons. The van der Waals surface area contributed by atoms with Crippen molar-refractivity contribution in [2.75, 3.05) is 25.1 Å². The number of aromatic nitrogens is 3. The second-order valence-corrected chi connectivity index (χ2v) is 8.10. The first-order valence-electron chi connectivity index (χ1n) is 10.1. The number of aromatic amines is 1. The third kappa shape index (κ3) is 3.65. The van der Waals surface area contributed by atoms with Crippen LogP contribution in [0.3, 0.4) is 0 Å². The standard InChI is InChI=1S/C21H20F4N4O3/c22-11-1-2-12-15(7-11)32-9-14(20(30)3-5-31-6-4-20)17(12)29-19-13-8-16(21(23,24)25)28-18(13)26-10-27-19/h1-2,7-8,10,14,17,30H,3-6,9H2,(H2,26,27,28,29)/t14-,17-/m0/s1. The molecule has 1 saturated heterocycles. The number of hydrogen-bond acceptors (Lipinski definition) is 6. The minimum atomic E-state index is -4.57. The van der Waals surface area contributed by atoms with Gasteiger partial charge >= 0.3 is 6.18 Å². The maximum atomic E-state index is 13.8. The van der Waals surface area contributed by atoms with Crippen molar-refractivity contribution in [3.05, 3.63) is 47.7 Å². The molecule has 3 aromatic rings. The molecule has 0 radical (unpaired) electrons. The van der Waals surface area contributed by atoms with Crippen molar-refractivity contribution in [1.82, 2.24) is 15.0 Å². The van der Waals surface area contributed by atoms with Crippen molar-refractivity contribution in [2.45, 2.75) is 30.7 Å². The van der Waals surface area contributed by atoms with Crippen molar-refractivity contribution < 1.29 is 32.1 Å². The molecular weight excluding hydrogens is 432 g/mol. The molecule has 0 amide bonds. The Morgan fingerprint density at radius 1 is 1.16 bits per heavy atom. The van der Waals surface area contributed by atoms with E-state index in [0.717, 1.165) is 12.4 Å². The van der Waals surface area contributed by atoms with E-state index in [0.29, 0.717) is 37.4 Å². The van der Waals surface area contributed by atoms with Gasteiger partial charge in [-0.05, 0) is 12.1 Å². The lowest BCUT2D eigenvalue weighted by atomic mass is 9.74. The van der Waals surface area contributed by atoms with Gasteiger partial charge in [-0.15, -0.1) is 0 Å². The van der Waals surface area contributed by atoms with Crippen LogP contribution >= 0.6 is 0 Å². The quantitative estimate of drug-likeness (QED) is 0.524. The number of alkyl halides is 3. The van der Waals surface area contributed by atoms with Crippen LogP contribution in [0.5, 0.6) is 5.75 Å². The summed E-state index contributed by atoms with van der Waals surface area (Å²) in [5.74, 6) is -0.472. The van der Waals surface area contributed by atoms with E-state index < -0.39 is 35.2 Å². The molecule has 0 unspecified atom stereocenters. The molecular formula is C21H20F4N4O3. The summed E-state index contributed by atoms with van der Waals surface area (Å²) < 4.78 is 64.6. The summed E-state index contributed by atoms with van der Waals surface area (Å²) in [6.07, 6.45) is -2.67. The molecule has 0 spiro atoms. The van der Waals surface area contributed by atoms with Crippen molar-refractivity contribution in [3.8, 4) is 5.75 Å². The van der Waals surface area contributed by atoms with E-state index >= 15 is 0 Å². The lowest BCUT2D eigenvalue weighted by Crippen LogP contribution is -2.51. The largest absolute Gasteiger partial charge is 0.493 e. The zero-order valence-corrected chi connectivity index (χ0v) is 16.7. The van der Waals surface area contributed by atoms with Crippen LogP contribution in [0, 0.1) is 11.7 Å². The average molecular weight is 452 g/mol. The number of nitrogens with one attached hydrogen (secondary N) is 2. The summed E-state index contributed by atoms with van der Waals surface area (Å²) in [7, 11) is 0. The molecule has 2 aliphatic heterocycles. The highest BCUT2D eigenvalue weighted by atomic mass is 19.4. The van der Waals surface area contributed by atoms with E-state index in [1.54, 1.807) is 6.07 Å². The van der Waals surface area contributed by atoms with Crippen LogP contribution < -0.4 is 10.1 Å². The summed E-state index contributed by atoms with van der Waals surface area (Å²) in [4.78, 5) is 10.3. The summed E-state index contributed by atoms with van der Waals surface area (Å²) >= 11 is 0. The Morgan fingerprint density at radius 2 is 1.94 bits per heavy atom. The SMILES string of the molecule is OC1([C@H]2COc3cc(F)ccc3[C@@H]2Nc2ncnc3[nH]c(C(F)(F)F)cc23)CCOCC1. The van der Waals surface area contributed by atoms with E-state index in [1.807, 2.05) is 0 Å². The van der Waals surface area contributed by atoms with Crippen molar-refractivity contribution in [3.63, 3.8) is 0 Å². The molecule has 0 saturated carbocycles. The van der Waals surface area contributed by atoms with E-state index in [4.69, 9.17) is 9.47 Å². The summed E-state index contributed by atoms with van der Waals surface area (Å²) in [5, 5.41) is 14.7. The fraction of sp³-hybridized carbons (Fsp3) is 0.429. The number of anilines is 1. The number of ether oxygens (including phenoxy) is 2. The zero-order chi connectivity index (χ0) is 22.5. The third-order valence-corrected chi connectivity index (χ3v) is 6.20. The number of fused-ring (bicyclic) bond motifs is 2. The Morgan fingerprint density at radius 3 is 2.69 bits per heavy atom. The van der Waals surface area contributed by atoms with Gasteiger partial charge < -0.3 is 24.9 Å². The highest BCUT2D eigenvalue weighted by Gasteiger charge is 2.46. The van der Waals surface area contributed by atoms with Crippen LogP contribution in [0.15, 0.2) is 30.6 Å². The number of nitrogens with zero attached hydrogens (tertiary/aromatic N) is 2. The van der Waals surface area contributed by atoms with E-state index in [1.165, 1.54) is 12.1 Å². The van der Waals surface area contributed by atoms with Crippen LogP contribution in [0.25, 0.3) is 11.0 Å². The molecule has 1 aromatic carbocycles. The van der Waals surface area contributed by atoms with Gasteiger partial charge in [-0.3, -0.25) is 0 Å². The van der Waals surface area contributed by atoms with Crippen LogP contribution in [0.2, 0.25) is 0 Å². The van der Waals surface area contributed by atoms with Gasteiger partial charge in [-0.2, -0.15) is 13.2 Å². The second kappa shape index (κ2) is 7.59. The lowest BCUT2D eigenvalue weighted by Gasteiger charge is -2.45. The van der Waals surface area contributed by atoms with Crippen LogP contribution in [-0.4, -0.2) is 45.5 Å². The van der Waals surface area contributed by atoms with Crippen molar-refractivity contribution in [1.29, 1.82) is 0 Å². The minimum absolute atomic E-state index is 0.0301. The molecule has 3 N–H and O–H groups in total. The zero-order valence-electron chi connectivity index (χ0n) is 16.7. The van der Waals surface area contributed by atoms with Gasteiger partial charge in [0.25, 0.3) is 0 Å². The van der Waals surface area contributed by atoms with E-state index in [-0.39, 0.29) is 23.5 Å². The smallest absolute Gasteiger partial charge is 0.431 e. The minimum Gasteiger partial charge on any atom is -0.493 e. The molecule has 2 atom stereocenters. The molecule has 2 aliphatic rings. The van der Waals surface area contributed by atoms with Crippen molar-refractivity contribution >= 4 is 16.9 Å². The monoisotopic (exact) mass is 452 g/mol. The highest BCUT2D eigenvalue weighted by molar-refractivity contribution is 5.88. The third-order valence-electron chi connectivity index (χ3n) is 6.20. The molecule has 2 aromatic heterocycles. The maximum Gasteiger partial charge on any atom is 0.431 e. The molecule has 32 heavy (non-hydrogen) atoms. The summed E-state index contributed by atoms with van der Waals surface area (Å²) in [6, 6.07) is 4.43. The lowest BCUT2D eigenvalue weighted by molar-refractivity contribution is -0.140. The Kier molecular flexibility index (Phi) is 4.97. The number of aliphatic hydroxyl groups is 1. The Balaban J connectivity index is 1.58. The molecule has 7 nitrogen and oxygen atoms in total. The number of H-pyrrole nitrogens is 1. The molecule has 1 fully saturated rings. The first-order chi connectivity index (χ1) is 15.2. The van der Waals surface area contributed by atoms with Gasteiger partial charge in [0.1, 0.15) is 35.1 Å². The number of hydrogen-bond donors (Lipinski definition) is 3. The van der Waals surface area contributed by atoms with Gasteiger partial charge in [-0.25, -0.2) is 14.4 Å². The Bertz CT molecular complexity index is 1140. The molecule has 11 heteroatoms. The van der Waals surface area contributed by atoms with Gasteiger partial charge in [0.05, 0.1) is 23.6 Å². The Hall–Kier alpha value is -2.92. The van der Waals surface area contributed by atoms with E-state index in [9.17, 15) is 22.7 Å². The molecule has 5 rings (SSSR count). The van der Waals surface area contributed by atoms with Crippen LogP contribution in [0.4, 0.5) is 23.4 Å².